The number of rotatable bonds is 2. The maximum Gasteiger partial charge on any atom is 0.511 e. The Hall–Kier alpha value is -1.09. The summed E-state index contributed by atoms with van der Waals surface area (Å²) in [6.07, 6.45) is 7.43. The van der Waals surface area contributed by atoms with Crippen molar-refractivity contribution in [1.82, 2.24) is 4.57 Å². The molecule has 0 aliphatic carbocycles. The number of halogens is 3. The normalized spacial score (nSPS) is 11.9. The van der Waals surface area contributed by atoms with Gasteiger partial charge in [-0.3, -0.25) is 0 Å². The maximum atomic E-state index is 10.8. The standard InChI is InChI=1S/C7H13N2.CH2F3NO2S/c1-3-4-9-6-5-8(2)7-9;2-1(3,4)8(5,6)7/h5-7H,3-4H2,1-2H3;(H2,5,6,7)/q+1;. The Morgan fingerprint density at radius 2 is 1.88 bits per heavy atom. The van der Waals surface area contributed by atoms with Gasteiger partial charge in [-0.15, -0.1) is 0 Å². The number of hydrogen-bond donors (Lipinski definition) is 1. The van der Waals surface area contributed by atoms with Crippen molar-refractivity contribution < 1.29 is 26.2 Å². The fourth-order valence-corrected chi connectivity index (χ4v) is 0.892. The molecule has 0 spiro atoms. The van der Waals surface area contributed by atoms with Crippen molar-refractivity contribution in [2.24, 2.45) is 12.2 Å². The molecule has 0 fully saturated rings. The number of aryl methyl sites for hydroxylation is 2. The second kappa shape index (κ2) is 6.01. The predicted octanol–water partition coefficient (Wildman–Crippen LogP) is 0.517. The molecule has 0 unspecified atom stereocenters. The van der Waals surface area contributed by atoms with Crippen LogP contribution < -0.4 is 9.71 Å². The van der Waals surface area contributed by atoms with E-state index in [9.17, 15) is 21.6 Å². The van der Waals surface area contributed by atoms with E-state index >= 15 is 0 Å². The van der Waals surface area contributed by atoms with Gasteiger partial charge in [0.1, 0.15) is 12.4 Å². The van der Waals surface area contributed by atoms with Crippen molar-refractivity contribution in [3.05, 3.63) is 18.7 Å². The minimum atomic E-state index is -5.34. The molecule has 0 amide bonds. The van der Waals surface area contributed by atoms with Crippen LogP contribution in [0.2, 0.25) is 0 Å². The zero-order valence-corrected chi connectivity index (χ0v) is 10.3. The number of alkyl halides is 3. The third kappa shape index (κ3) is 6.27. The predicted molar refractivity (Wildman–Crippen MR) is 55.1 cm³/mol. The lowest BCUT2D eigenvalue weighted by Gasteiger charge is -1.98. The molecule has 0 aliphatic heterocycles. The summed E-state index contributed by atoms with van der Waals surface area (Å²) in [5.74, 6) is 0. The molecule has 5 nitrogen and oxygen atoms in total. The second-order valence-electron chi connectivity index (χ2n) is 3.31. The van der Waals surface area contributed by atoms with Gasteiger partial charge in [0, 0.05) is 0 Å². The lowest BCUT2D eigenvalue weighted by Crippen LogP contribution is -2.30. The van der Waals surface area contributed by atoms with Crippen molar-refractivity contribution in [1.29, 1.82) is 0 Å². The lowest BCUT2D eigenvalue weighted by atomic mass is 10.5. The molecule has 1 aromatic rings. The van der Waals surface area contributed by atoms with Gasteiger partial charge in [0.05, 0.1) is 13.6 Å². The number of nitrogens with zero attached hydrogens (tertiary/aromatic N) is 2. The van der Waals surface area contributed by atoms with Gasteiger partial charge in [-0.2, -0.15) is 13.2 Å². The van der Waals surface area contributed by atoms with E-state index in [2.05, 4.69) is 39.9 Å². The first-order valence-electron chi connectivity index (χ1n) is 4.68. The van der Waals surface area contributed by atoms with E-state index in [0.29, 0.717) is 0 Å². The van der Waals surface area contributed by atoms with Gasteiger partial charge in [-0.05, 0) is 6.42 Å². The van der Waals surface area contributed by atoms with Gasteiger partial charge < -0.3 is 0 Å². The fraction of sp³-hybridized carbons (Fsp3) is 0.625. The first-order valence-corrected chi connectivity index (χ1v) is 6.22. The number of sulfonamides is 1. The minimum Gasteiger partial charge on any atom is -0.240 e. The summed E-state index contributed by atoms with van der Waals surface area (Å²) >= 11 is 0. The third-order valence-corrected chi connectivity index (χ3v) is 2.27. The van der Waals surface area contributed by atoms with Crippen LogP contribution in [0.5, 0.6) is 0 Å². The number of aromatic nitrogens is 2. The molecule has 0 saturated heterocycles. The molecule has 0 aliphatic rings. The second-order valence-corrected chi connectivity index (χ2v) is 4.86. The summed E-state index contributed by atoms with van der Waals surface area (Å²) in [4.78, 5) is 0. The van der Waals surface area contributed by atoms with E-state index in [1.54, 1.807) is 0 Å². The van der Waals surface area contributed by atoms with Gasteiger partial charge in [0.2, 0.25) is 6.33 Å². The van der Waals surface area contributed by atoms with Gasteiger partial charge >= 0.3 is 15.5 Å². The zero-order valence-electron chi connectivity index (χ0n) is 9.48. The highest BCUT2D eigenvalue weighted by Gasteiger charge is 2.42. The minimum absolute atomic E-state index is 1.13. The van der Waals surface area contributed by atoms with Crippen LogP contribution in [0.3, 0.4) is 0 Å². The van der Waals surface area contributed by atoms with Crippen molar-refractivity contribution in [3.63, 3.8) is 0 Å². The van der Waals surface area contributed by atoms with Crippen molar-refractivity contribution in [2.45, 2.75) is 25.4 Å². The topological polar surface area (TPSA) is 69.0 Å². The molecular formula is C8H15F3N3O2S+. The van der Waals surface area contributed by atoms with Gasteiger partial charge in [0.25, 0.3) is 0 Å². The Kier molecular flexibility index (Phi) is 5.62. The lowest BCUT2D eigenvalue weighted by molar-refractivity contribution is -0.671. The Labute approximate surface area is 97.7 Å². The Morgan fingerprint density at radius 1 is 1.41 bits per heavy atom. The van der Waals surface area contributed by atoms with Crippen LogP contribution in [0.1, 0.15) is 13.3 Å². The molecule has 0 atom stereocenters. The van der Waals surface area contributed by atoms with E-state index in [1.807, 2.05) is 7.05 Å². The third-order valence-electron chi connectivity index (χ3n) is 1.63. The van der Waals surface area contributed by atoms with Crippen LogP contribution in [0.25, 0.3) is 0 Å². The molecule has 17 heavy (non-hydrogen) atoms. The zero-order chi connectivity index (χ0) is 13.7. The van der Waals surface area contributed by atoms with E-state index in [1.165, 1.54) is 6.42 Å². The maximum absolute atomic E-state index is 10.8. The summed E-state index contributed by atoms with van der Waals surface area (Å²) in [5.41, 5.74) is -5.31. The summed E-state index contributed by atoms with van der Waals surface area (Å²) in [6.45, 7) is 3.31. The monoisotopic (exact) mass is 274 g/mol. The van der Waals surface area contributed by atoms with Gasteiger partial charge in [0.15, 0.2) is 0 Å². The number of nitrogens with two attached hydrogens (primary N) is 1. The van der Waals surface area contributed by atoms with Crippen LogP contribution in [0, 0.1) is 0 Å². The van der Waals surface area contributed by atoms with E-state index in [-0.39, 0.29) is 0 Å². The summed E-state index contributed by atoms with van der Waals surface area (Å²) in [6, 6.07) is 0. The molecule has 0 aromatic carbocycles. The number of primary sulfonamides is 1. The summed E-state index contributed by atoms with van der Waals surface area (Å²) in [5, 5.41) is 3.66. The first kappa shape index (κ1) is 15.9. The van der Waals surface area contributed by atoms with Gasteiger partial charge in [-0.1, -0.05) is 6.92 Å². The highest BCUT2D eigenvalue weighted by molar-refractivity contribution is 7.90. The van der Waals surface area contributed by atoms with Crippen LogP contribution in [-0.4, -0.2) is 18.5 Å². The quantitative estimate of drug-likeness (QED) is 0.799. The smallest absolute Gasteiger partial charge is 0.240 e. The van der Waals surface area contributed by atoms with Crippen LogP contribution in [0.4, 0.5) is 13.2 Å². The molecular weight excluding hydrogens is 259 g/mol. The first-order chi connectivity index (χ1) is 7.58. The molecule has 9 heteroatoms. The molecule has 2 N–H and O–H groups in total. The average molecular weight is 274 g/mol. The summed E-state index contributed by atoms with van der Waals surface area (Å²) < 4.78 is 55.4. The van der Waals surface area contributed by atoms with Crippen LogP contribution in [-0.2, 0) is 23.6 Å². The molecule has 0 radical (unpaired) electrons. The van der Waals surface area contributed by atoms with Crippen molar-refractivity contribution in [3.8, 4) is 0 Å². The van der Waals surface area contributed by atoms with E-state index in [0.717, 1.165) is 6.54 Å². The van der Waals surface area contributed by atoms with Crippen molar-refractivity contribution >= 4 is 10.0 Å². The van der Waals surface area contributed by atoms with Gasteiger partial charge in [-0.25, -0.2) is 22.7 Å². The van der Waals surface area contributed by atoms with E-state index in [4.69, 9.17) is 0 Å². The van der Waals surface area contributed by atoms with Crippen molar-refractivity contribution in [2.75, 3.05) is 0 Å². The van der Waals surface area contributed by atoms with Crippen LogP contribution in [0.15, 0.2) is 18.7 Å². The largest absolute Gasteiger partial charge is 0.511 e. The number of imidazole rings is 1. The molecule has 1 heterocycles. The average Bonchev–Trinajstić information content (AvgIpc) is 2.49. The Bertz CT molecular complexity index is 439. The Morgan fingerprint density at radius 3 is 2.12 bits per heavy atom. The van der Waals surface area contributed by atoms with Crippen LogP contribution >= 0.6 is 0 Å². The number of hydrogen-bond acceptors (Lipinski definition) is 2. The molecule has 0 bridgehead atoms. The SMILES string of the molecule is CCCn1cc[n+](C)c1.NS(=O)(=O)C(F)(F)F. The highest BCUT2D eigenvalue weighted by atomic mass is 32.2. The fourth-order valence-electron chi connectivity index (χ4n) is 0.892. The highest BCUT2D eigenvalue weighted by Crippen LogP contribution is 2.18. The Balaban J connectivity index is 0.000000304. The molecule has 1 rings (SSSR count). The molecule has 0 saturated carbocycles. The summed E-state index contributed by atoms with van der Waals surface area (Å²) in [7, 11) is -3.31. The molecule has 100 valence electrons. The molecule has 1 aromatic heterocycles. The van der Waals surface area contributed by atoms with E-state index < -0.39 is 15.5 Å².